The van der Waals surface area contributed by atoms with E-state index in [0.717, 1.165) is 5.56 Å². The lowest BCUT2D eigenvalue weighted by Gasteiger charge is -2.52. The number of carbonyl (C=O) groups is 1. The fourth-order valence-corrected chi connectivity index (χ4v) is 9.09. The highest BCUT2D eigenvalue weighted by Crippen LogP contribution is 2.55. The molecule has 7 atom stereocenters. The van der Waals surface area contributed by atoms with Gasteiger partial charge in [0.05, 0.1) is 23.0 Å². The summed E-state index contributed by atoms with van der Waals surface area (Å²) in [6, 6.07) is 9.01. The number of fused-ring (bicyclic) bond motifs is 5. The van der Waals surface area contributed by atoms with Crippen LogP contribution < -0.4 is 14.2 Å². The van der Waals surface area contributed by atoms with Crippen LogP contribution in [-0.4, -0.2) is 64.6 Å². The molecule has 2 fully saturated rings. The number of nitrogens with one attached hydrogen (secondary N) is 1. The SMILES string of the molecule is Cc1ccc(S(=O)(=O)N[C@H]2[C@@H]3OC(C)(C)O[C@@H]3[C@@H](O[Si](C)(C)C(C)(C)C)[C@@H]3C(=O)C(O)c4cc5c(cc4[C@H]23)OCO5)cc1. The van der Waals surface area contributed by atoms with Crippen molar-refractivity contribution in [2.24, 2.45) is 5.92 Å². The van der Waals surface area contributed by atoms with E-state index in [9.17, 15) is 18.3 Å². The molecule has 2 N–H and O–H groups in total. The molecule has 234 valence electrons. The number of benzene rings is 2. The number of ketones is 1. The maximum atomic E-state index is 14.3. The second-order valence-electron chi connectivity index (χ2n) is 14.1. The summed E-state index contributed by atoms with van der Waals surface area (Å²) in [5.41, 5.74) is 1.87. The molecular weight excluding hydrogens is 590 g/mol. The highest BCUT2D eigenvalue weighted by atomic mass is 32.2. The average molecular weight is 632 g/mol. The van der Waals surface area contributed by atoms with Crippen LogP contribution in [-0.2, 0) is 28.7 Å². The number of hydrogen-bond donors (Lipinski definition) is 2. The second kappa shape index (κ2) is 10.1. The monoisotopic (exact) mass is 631 g/mol. The smallest absolute Gasteiger partial charge is 0.240 e. The Bertz CT molecular complexity index is 1550. The fraction of sp³-hybridized carbons (Fsp3) is 0.581. The van der Waals surface area contributed by atoms with Crippen molar-refractivity contribution >= 4 is 24.1 Å². The lowest BCUT2D eigenvalue weighted by molar-refractivity contribution is -0.159. The van der Waals surface area contributed by atoms with Crippen molar-refractivity contribution in [3.8, 4) is 11.5 Å². The van der Waals surface area contributed by atoms with E-state index in [0.29, 0.717) is 22.6 Å². The summed E-state index contributed by atoms with van der Waals surface area (Å²) in [6.45, 7) is 16.0. The van der Waals surface area contributed by atoms with E-state index in [1.54, 1.807) is 50.2 Å². The molecule has 2 aliphatic carbocycles. The van der Waals surface area contributed by atoms with Gasteiger partial charge in [-0.05, 0) is 74.3 Å². The van der Waals surface area contributed by atoms with Gasteiger partial charge in [-0.2, -0.15) is 0 Å². The molecule has 12 heteroatoms. The van der Waals surface area contributed by atoms with Gasteiger partial charge in [-0.1, -0.05) is 38.5 Å². The summed E-state index contributed by atoms with van der Waals surface area (Å²) < 4.78 is 61.9. The Kier molecular flexibility index (Phi) is 7.21. The van der Waals surface area contributed by atoms with Gasteiger partial charge in [-0.3, -0.25) is 4.79 Å². The van der Waals surface area contributed by atoms with Crippen molar-refractivity contribution in [1.82, 2.24) is 4.72 Å². The number of carbonyl (C=O) groups excluding carboxylic acids is 1. The van der Waals surface area contributed by atoms with E-state index in [1.165, 1.54) is 0 Å². The summed E-state index contributed by atoms with van der Waals surface area (Å²) in [6.07, 6.45) is -3.83. The number of sulfonamides is 1. The van der Waals surface area contributed by atoms with Crippen LogP contribution in [0.5, 0.6) is 11.5 Å². The van der Waals surface area contributed by atoms with Crippen LogP contribution in [0, 0.1) is 12.8 Å². The summed E-state index contributed by atoms with van der Waals surface area (Å²) in [5.74, 6) is -2.33. The van der Waals surface area contributed by atoms with Crippen molar-refractivity contribution in [3.05, 3.63) is 53.1 Å². The van der Waals surface area contributed by atoms with Gasteiger partial charge in [0.25, 0.3) is 0 Å². The van der Waals surface area contributed by atoms with Gasteiger partial charge >= 0.3 is 0 Å². The lowest BCUT2D eigenvalue weighted by Crippen LogP contribution is -2.66. The van der Waals surface area contributed by atoms with E-state index in [-0.39, 0.29) is 16.7 Å². The fourth-order valence-electron chi connectivity index (χ4n) is 6.51. The zero-order valence-electron chi connectivity index (χ0n) is 25.8. The molecule has 2 aromatic rings. The summed E-state index contributed by atoms with van der Waals surface area (Å²) >= 11 is 0. The largest absolute Gasteiger partial charge is 0.454 e. The third-order valence-electron chi connectivity index (χ3n) is 9.66. The minimum absolute atomic E-state index is 0.00674. The van der Waals surface area contributed by atoms with Crippen molar-refractivity contribution in [2.45, 2.75) is 107 Å². The Morgan fingerprint density at radius 2 is 1.56 bits per heavy atom. The molecule has 0 radical (unpaired) electrons. The van der Waals surface area contributed by atoms with Crippen LogP contribution in [0.15, 0.2) is 41.3 Å². The molecule has 1 unspecified atom stereocenters. The Morgan fingerprint density at radius 3 is 2.16 bits per heavy atom. The Hall–Kier alpha value is -2.32. The Morgan fingerprint density at radius 1 is 0.977 bits per heavy atom. The number of aryl methyl sites for hydroxylation is 1. The van der Waals surface area contributed by atoms with Crippen molar-refractivity contribution in [3.63, 3.8) is 0 Å². The molecular formula is C31H41NO9SSi. The molecule has 2 aliphatic heterocycles. The van der Waals surface area contributed by atoms with E-state index >= 15 is 0 Å². The molecule has 0 aromatic heterocycles. The molecule has 0 amide bonds. The van der Waals surface area contributed by atoms with Gasteiger partial charge in [0, 0.05) is 5.92 Å². The molecule has 2 aromatic carbocycles. The maximum absolute atomic E-state index is 14.3. The van der Waals surface area contributed by atoms with Gasteiger partial charge in [-0.15, -0.1) is 0 Å². The highest BCUT2D eigenvalue weighted by molar-refractivity contribution is 7.89. The number of aliphatic hydroxyl groups excluding tert-OH is 1. The number of rotatable bonds is 5. The van der Waals surface area contributed by atoms with Crippen molar-refractivity contribution in [1.29, 1.82) is 0 Å². The van der Waals surface area contributed by atoms with Crippen LogP contribution in [0.3, 0.4) is 0 Å². The first kappa shape index (κ1) is 30.7. The Labute approximate surface area is 254 Å². The average Bonchev–Trinajstić information content (AvgIpc) is 3.49. The molecule has 1 saturated heterocycles. The predicted molar refractivity (Wildman–Crippen MR) is 160 cm³/mol. The second-order valence-corrected chi connectivity index (χ2v) is 20.5. The van der Waals surface area contributed by atoms with Crippen molar-refractivity contribution in [2.75, 3.05) is 6.79 Å². The van der Waals surface area contributed by atoms with Crippen LogP contribution in [0.1, 0.15) is 63.3 Å². The molecule has 0 bridgehead atoms. The van der Waals surface area contributed by atoms with E-state index in [4.69, 9.17) is 23.4 Å². The van der Waals surface area contributed by atoms with Gasteiger partial charge in [0.15, 0.2) is 31.4 Å². The minimum atomic E-state index is -4.07. The van der Waals surface area contributed by atoms with E-state index in [1.807, 2.05) is 6.92 Å². The summed E-state index contributed by atoms with van der Waals surface area (Å²) in [5, 5.41) is 11.2. The van der Waals surface area contributed by atoms with Crippen LogP contribution in [0.4, 0.5) is 0 Å². The summed E-state index contributed by atoms with van der Waals surface area (Å²) in [7, 11) is -6.59. The first-order valence-electron chi connectivity index (χ1n) is 14.7. The van der Waals surface area contributed by atoms with Gasteiger partial charge in [0.1, 0.15) is 18.3 Å². The molecule has 4 aliphatic rings. The zero-order chi connectivity index (χ0) is 31.3. The third-order valence-corrected chi connectivity index (χ3v) is 15.6. The molecule has 6 rings (SSSR count). The normalized spacial score (nSPS) is 31.4. The topological polar surface area (TPSA) is 130 Å². The number of Topliss-reactive ketones (excluding diaryl/α,β-unsaturated/α-hetero) is 1. The van der Waals surface area contributed by atoms with Crippen molar-refractivity contribution < 1.29 is 41.7 Å². The van der Waals surface area contributed by atoms with E-state index in [2.05, 4.69) is 38.6 Å². The molecule has 1 saturated carbocycles. The molecule has 0 spiro atoms. The predicted octanol–water partition coefficient (Wildman–Crippen LogP) is 4.31. The first-order valence-corrected chi connectivity index (χ1v) is 19.1. The van der Waals surface area contributed by atoms with Gasteiger partial charge < -0.3 is 28.5 Å². The number of hydrogen-bond acceptors (Lipinski definition) is 9. The van der Waals surface area contributed by atoms with Gasteiger partial charge in [0.2, 0.25) is 16.8 Å². The molecule has 2 heterocycles. The highest BCUT2D eigenvalue weighted by Gasteiger charge is 2.64. The quantitative estimate of drug-likeness (QED) is 0.464. The maximum Gasteiger partial charge on any atom is 0.240 e. The van der Waals surface area contributed by atoms with E-state index < -0.39 is 72.2 Å². The number of aliphatic hydroxyl groups is 1. The minimum Gasteiger partial charge on any atom is -0.454 e. The molecule has 10 nitrogen and oxygen atoms in total. The molecule has 43 heavy (non-hydrogen) atoms. The van der Waals surface area contributed by atoms with Crippen LogP contribution in [0.2, 0.25) is 18.1 Å². The van der Waals surface area contributed by atoms with Crippen LogP contribution in [0.25, 0.3) is 0 Å². The standard InChI is InChI=1S/C31H41NO9SSi/c1-16-9-11-17(12-10-16)42(35,36)32-24-22-18-13-20-21(38-15-37-20)14-19(18)25(33)26(34)23(22)27(41-43(7,8)30(2,3)4)29-28(24)39-31(5,6)40-29/h9-14,22-25,27-29,32-33H,15H2,1-8H3/t22-,23-,24+,25?,27-,28-,29+/m0/s1. The lowest BCUT2D eigenvalue weighted by atomic mass is 9.61. The first-order chi connectivity index (χ1) is 19.9. The summed E-state index contributed by atoms with van der Waals surface area (Å²) in [4.78, 5) is 14.4. The van der Waals surface area contributed by atoms with Gasteiger partial charge in [-0.25, -0.2) is 13.1 Å². The van der Waals surface area contributed by atoms with Crippen LogP contribution >= 0.6 is 0 Å². The number of ether oxygens (including phenoxy) is 4. The third kappa shape index (κ3) is 5.14. The Balaban J connectivity index is 1.54. The zero-order valence-corrected chi connectivity index (χ0v) is 27.7.